The van der Waals surface area contributed by atoms with Crippen molar-refractivity contribution in [2.75, 3.05) is 5.88 Å². The van der Waals surface area contributed by atoms with Gasteiger partial charge in [0.1, 0.15) is 0 Å². The number of nitrogens with zero attached hydrogens (tertiary/aromatic N) is 2. The first-order valence-corrected chi connectivity index (χ1v) is 5.00. The van der Waals surface area contributed by atoms with Gasteiger partial charge >= 0.3 is 0 Å². The molecule has 0 bridgehead atoms. The molecule has 6 heteroatoms. The van der Waals surface area contributed by atoms with Crippen LogP contribution in [0.15, 0.2) is 6.20 Å². The highest BCUT2D eigenvalue weighted by molar-refractivity contribution is 6.17. The minimum atomic E-state index is -0.208. The molecule has 0 saturated heterocycles. The highest BCUT2D eigenvalue weighted by atomic mass is 35.5. The van der Waals surface area contributed by atoms with Crippen LogP contribution >= 0.6 is 11.6 Å². The Morgan fingerprint density at radius 3 is 3.14 bits per heavy atom. The van der Waals surface area contributed by atoms with E-state index in [4.69, 9.17) is 11.6 Å². The van der Waals surface area contributed by atoms with Crippen LogP contribution in [0.3, 0.4) is 0 Å². The van der Waals surface area contributed by atoms with Crippen molar-refractivity contribution in [1.82, 2.24) is 20.7 Å². The van der Waals surface area contributed by atoms with Gasteiger partial charge in [-0.2, -0.15) is 15.4 Å². The number of alkyl halides is 1. The SMILES string of the molecule is CC(CCCCl)NC(=O)c1cn[nH]n1. The van der Waals surface area contributed by atoms with Crippen molar-refractivity contribution in [2.24, 2.45) is 0 Å². The van der Waals surface area contributed by atoms with E-state index >= 15 is 0 Å². The number of aromatic amines is 1. The van der Waals surface area contributed by atoms with Crippen molar-refractivity contribution in [1.29, 1.82) is 0 Å². The second kappa shape index (κ2) is 5.59. The smallest absolute Gasteiger partial charge is 0.273 e. The molecule has 14 heavy (non-hydrogen) atoms. The molecule has 0 aliphatic heterocycles. The summed E-state index contributed by atoms with van der Waals surface area (Å²) in [5.41, 5.74) is 0.308. The molecular formula is C8H13ClN4O. The molecule has 0 aliphatic carbocycles. The molecule has 0 aliphatic rings. The maximum atomic E-state index is 11.4. The number of carbonyl (C=O) groups excluding carboxylic acids is 1. The van der Waals surface area contributed by atoms with Gasteiger partial charge in [-0.25, -0.2) is 0 Å². The van der Waals surface area contributed by atoms with Gasteiger partial charge in [-0.1, -0.05) is 0 Å². The molecule has 0 saturated carbocycles. The van der Waals surface area contributed by atoms with E-state index in [0.717, 1.165) is 12.8 Å². The quantitative estimate of drug-likeness (QED) is 0.720. The van der Waals surface area contributed by atoms with Gasteiger partial charge in [-0.3, -0.25) is 4.79 Å². The summed E-state index contributed by atoms with van der Waals surface area (Å²) in [6.45, 7) is 1.94. The van der Waals surface area contributed by atoms with E-state index in [9.17, 15) is 4.79 Å². The lowest BCUT2D eigenvalue weighted by Gasteiger charge is -2.11. The van der Waals surface area contributed by atoms with Gasteiger partial charge in [0.25, 0.3) is 5.91 Å². The Morgan fingerprint density at radius 2 is 2.57 bits per heavy atom. The van der Waals surface area contributed by atoms with E-state index in [2.05, 4.69) is 20.7 Å². The predicted molar refractivity (Wildman–Crippen MR) is 53.3 cm³/mol. The molecule has 1 amide bonds. The fourth-order valence-corrected chi connectivity index (χ4v) is 1.22. The molecule has 5 nitrogen and oxygen atoms in total. The van der Waals surface area contributed by atoms with Crippen LogP contribution in [0.25, 0.3) is 0 Å². The maximum absolute atomic E-state index is 11.4. The third-order valence-electron chi connectivity index (χ3n) is 1.80. The minimum absolute atomic E-state index is 0.109. The van der Waals surface area contributed by atoms with Gasteiger partial charge in [-0.05, 0) is 19.8 Å². The Labute approximate surface area is 87.2 Å². The third-order valence-corrected chi connectivity index (χ3v) is 2.06. The molecule has 0 spiro atoms. The Kier molecular flexibility index (Phi) is 4.39. The van der Waals surface area contributed by atoms with Crippen molar-refractivity contribution < 1.29 is 4.79 Å². The van der Waals surface area contributed by atoms with E-state index in [0.29, 0.717) is 11.6 Å². The third kappa shape index (κ3) is 3.33. The molecule has 0 aromatic carbocycles. The van der Waals surface area contributed by atoms with Crippen LogP contribution < -0.4 is 5.32 Å². The van der Waals surface area contributed by atoms with E-state index in [1.165, 1.54) is 6.20 Å². The summed E-state index contributed by atoms with van der Waals surface area (Å²) in [7, 11) is 0. The van der Waals surface area contributed by atoms with Crippen LogP contribution in [0.4, 0.5) is 0 Å². The fraction of sp³-hybridized carbons (Fsp3) is 0.625. The zero-order valence-electron chi connectivity index (χ0n) is 7.96. The van der Waals surface area contributed by atoms with E-state index in [-0.39, 0.29) is 11.9 Å². The topological polar surface area (TPSA) is 70.7 Å². The lowest BCUT2D eigenvalue weighted by molar-refractivity contribution is 0.0933. The first kappa shape index (κ1) is 11.0. The predicted octanol–water partition coefficient (Wildman–Crippen LogP) is 0.942. The monoisotopic (exact) mass is 216 g/mol. The lowest BCUT2D eigenvalue weighted by Crippen LogP contribution is -2.32. The maximum Gasteiger partial charge on any atom is 0.273 e. The number of hydrogen-bond donors (Lipinski definition) is 2. The Balaban J connectivity index is 2.34. The number of hydrogen-bond acceptors (Lipinski definition) is 3. The first-order chi connectivity index (χ1) is 6.74. The van der Waals surface area contributed by atoms with Crippen molar-refractivity contribution >= 4 is 17.5 Å². The molecular weight excluding hydrogens is 204 g/mol. The number of rotatable bonds is 5. The van der Waals surface area contributed by atoms with Crippen molar-refractivity contribution in [3.63, 3.8) is 0 Å². The molecule has 1 aromatic rings. The standard InChI is InChI=1S/C8H13ClN4O/c1-6(3-2-4-9)11-8(14)7-5-10-13-12-7/h5-6H,2-4H2,1H3,(H,11,14)(H,10,12,13). The van der Waals surface area contributed by atoms with Crippen LogP contribution in [-0.2, 0) is 0 Å². The van der Waals surface area contributed by atoms with Gasteiger partial charge in [0.2, 0.25) is 0 Å². The Morgan fingerprint density at radius 1 is 1.79 bits per heavy atom. The van der Waals surface area contributed by atoms with E-state index in [1.54, 1.807) is 0 Å². The van der Waals surface area contributed by atoms with E-state index in [1.807, 2.05) is 6.92 Å². The van der Waals surface area contributed by atoms with Gasteiger partial charge in [0, 0.05) is 11.9 Å². The van der Waals surface area contributed by atoms with Crippen molar-refractivity contribution in [3.05, 3.63) is 11.9 Å². The first-order valence-electron chi connectivity index (χ1n) is 4.46. The molecule has 1 unspecified atom stereocenters. The summed E-state index contributed by atoms with van der Waals surface area (Å²) >= 11 is 5.54. The molecule has 78 valence electrons. The molecule has 1 atom stereocenters. The summed E-state index contributed by atoms with van der Waals surface area (Å²) < 4.78 is 0. The summed E-state index contributed by atoms with van der Waals surface area (Å²) in [6.07, 6.45) is 3.15. The molecule has 1 rings (SSSR count). The molecule has 2 N–H and O–H groups in total. The Bertz CT molecular complexity index is 275. The second-order valence-corrected chi connectivity index (χ2v) is 3.44. The normalized spacial score (nSPS) is 12.4. The van der Waals surface area contributed by atoms with Crippen LogP contribution in [-0.4, -0.2) is 33.2 Å². The highest BCUT2D eigenvalue weighted by Gasteiger charge is 2.11. The lowest BCUT2D eigenvalue weighted by atomic mass is 10.2. The van der Waals surface area contributed by atoms with E-state index < -0.39 is 0 Å². The van der Waals surface area contributed by atoms with Crippen LogP contribution in [0.5, 0.6) is 0 Å². The fourth-order valence-electron chi connectivity index (χ4n) is 1.06. The zero-order chi connectivity index (χ0) is 10.4. The van der Waals surface area contributed by atoms with Crippen molar-refractivity contribution in [2.45, 2.75) is 25.8 Å². The van der Waals surface area contributed by atoms with Crippen LogP contribution in [0, 0.1) is 0 Å². The summed E-state index contributed by atoms with van der Waals surface area (Å²) in [5.74, 6) is 0.408. The number of carbonyl (C=O) groups is 1. The molecule has 0 radical (unpaired) electrons. The number of amides is 1. The minimum Gasteiger partial charge on any atom is -0.348 e. The molecule has 1 aromatic heterocycles. The number of aromatic nitrogens is 3. The van der Waals surface area contributed by atoms with Crippen molar-refractivity contribution in [3.8, 4) is 0 Å². The summed E-state index contributed by atoms with van der Waals surface area (Å²) in [5, 5.41) is 12.4. The average molecular weight is 217 g/mol. The number of H-pyrrole nitrogens is 1. The van der Waals surface area contributed by atoms with Gasteiger partial charge in [0.15, 0.2) is 5.69 Å². The van der Waals surface area contributed by atoms with Gasteiger partial charge in [-0.15, -0.1) is 11.6 Å². The highest BCUT2D eigenvalue weighted by Crippen LogP contribution is 1.99. The summed E-state index contributed by atoms with van der Waals surface area (Å²) in [6, 6.07) is 0.109. The van der Waals surface area contributed by atoms with Gasteiger partial charge in [0.05, 0.1) is 6.20 Å². The van der Waals surface area contributed by atoms with Gasteiger partial charge < -0.3 is 5.32 Å². The number of halogens is 1. The molecule has 1 heterocycles. The molecule has 0 fully saturated rings. The zero-order valence-corrected chi connectivity index (χ0v) is 8.71. The summed E-state index contributed by atoms with van der Waals surface area (Å²) in [4.78, 5) is 11.4. The Hall–Kier alpha value is -1.10. The number of nitrogens with one attached hydrogen (secondary N) is 2. The second-order valence-electron chi connectivity index (χ2n) is 3.06. The van der Waals surface area contributed by atoms with Crippen LogP contribution in [0.1, 0.15) is 30.3 Å². The van der Waals surface area contributed by atoms with Crippen LogP contribution in [0.2, 0.25) is 0 Å². The largest absolute Gasteiger partial charge is 0.348 e. The average Bonchev–Trinajstić information content (AvgIpc) is 2.67.